The third-order valence-corrected chi connectivity index (χ3v) is 5.37. The van der Waals surface area contributed by atoms with Crippen molar-refractivity contribution in [3.8, 4) is 0 Å². The first kappa shape index (κ1) is 15.5. The van der Waals surface area contributed by atoms with E-state index in [-0.39, 0.29) is 12.4 Å². The quantitative estimate of drug-likeness (QED) is 0.744. The Kier molecular flexibility index (Phi) is 4.47. The van der Waals surface area contributed by atoms with Crippen molar-refractivity contribution < 1.29 is 0 Å². The van der Waals surface area contributed by atoms with Crippen LogP contribution in [0.3, 0.4) is 0 Å². The molecule has 1 aliphatic carbocycles. The highest BCUT2D eigenvalue weighted by molar-refractivity contribution is 7.25. The summed E-state index contributed by atoms with van der Waals surface area (Å²) in [6.07, 6.45) is 6.09. The SMILES string of the molecule is Cl.N[C@H]1CC[C@H](Nc2ncnc3sc4ccccc4c23)CC1. The highest BCUT2D eigenvalue weighted by Crippen LogP contribution is 2.36. The van der Waals surface area contributed by atoms with Crippen molar-refractivity contribution in [2.45, 2.75) is 37.8 Å². The molecule has 0 aliphatic heterocycles. The van der Waals surface area contributed by atoms with E-state index in [1.165, 1.54) is 10.1 Å². The zero-order valence-corrected chi connectivity index (χ0v) is 13.8. The van der Waals surface area contributed by atoms with Gasteiger partial charge in [-0.15, -0.1) is 23.7 Å². The minimum Gasteiger partial charge on any atom is -0.367 e. The summed E-state index contributed by atoms with van der Waals surface area (Å²) < 4.78 is 1.27. The number of halogens is 1. The molecule has 2 heterocycles. The van der Waals surface area contributed by atoms with Crippen LogP contribution in [-0.4, -0.2) is 22.1 Å². The van der Waals surface area contributed by atoms with Gasteiger partial charge >= 0.3 is 0 Å². The molecule has 1 saturated carbocycles. The number of benzene rings is 1. The number of fused-ring (bicyclic) bond motifs is 3. The van der Waals surface area contributed by atoms with Crippen molar-refractivity contribution in [3.63, 3.8) is 0 Å². The first-order valence-corrected chi connectivity index (χ1v) is 8.27. The van der Waals surface area contributed by atoms with Crippen molar-refractivity contribution in [3.05, 3.63) is 30.6 Å². The number of anilines is 1. The van der Waals surface area contributed by atoms with Crippen molar-refractivity contribution in [1.82, 2.24) is 9.97 Å². The Balaban J connectivity index is 0.00000144. The summed E-state index contributed by atoms with van der Waals surface area (Å²) in [6, 6.07) is 9.29. The van der Waals surface area contributed by atoms with Crippen molar-refractivity contribution >= 4 is 49.9 Å². The highest BCUT2D eigenvalue weighted by atomic mass is 35.5. The van der Waals surface area contributed by atoms with E-state index in [1.807, 2.05) is 0 Å². The van der Waals surface area contributed by atoms with E-state index in [4.69, 9.17) is 5.73 Å². The Hall–Kier alpha value is -1.43. The van der Waals surface area contributed by atoms with Gasteiger partial charge in [-0.3, -0.25) is 0 Å². The molecule has 0 bridgehead atoms. The van der Waals surface area contributed by atoms with E-state index in [0.717, 1.165) is 41.7 Å². The lowest BCUT2D eigenvalue weighted by molar-refractivity contribution is 0.410. The molecule has 2 aromatic heterocycles. The van der Waals surface area contributed by atoms with Crippen LogP contribution >= 0.6 is 23.7 Å². The number of rotatable bonds is 2. The first-order valence-electron chi connectivity index (χ1n) is 7.45. The van der Waals surface area contributed by atoms with Crippen molar-refractivity contribution in [2.75, 3.05) is 5.32 Å². The Bertz CT molecular complexity index is 780. The number of nitrogens with one attached hydrogen (secondary N) is 1. The molecule has 1 aromatic carbocycles. The zero-order valence-electron chi connectivity index (χ0n) is 12.2. The molecule has 1 fully saturated rings. The Morgan fingerprint density at radius 1 is 1.09 bits per heavy atom. The Morgan fingerprint density at radius 3 is 2.68 bits per heavy atom. The van der Waals surface area contributed by atoms with E-state index in [9.17, 15) is 0 Å². The summed E-state index contributed by atoms with van der Waals surface area (Å²) >= 11 is 1.73. The fourth-order valence-corrected chi connectivity index (χ4v) is 4.17. The first-order chi connectivity index (χ1) is 10.3. The van der Waals surface area contributed by atoms with Gasteiger partial charge in [0.05, 0.1) is 5.39 Å². The van der Waals surface area contributed by atoms with E-state index in [2.05, 4.69) is 39.6 Å². The summed E-state index contributed by atoms with van der Waals surface area (Å²) in [5, 5.41) is 6.03. The molecule has 0 saturated heterocycles. The summed E-state index contributed by atoms with van der Waals surface area (Å²) in [4.78, 5) is 9.98. The van der Waals surface area contributed by atoms with Crippen LogP contribution in [0.5, 0.6) is 0 Å². The lowest BCUT2D eigenvalue weighted by Crippen LogP contribution is -2.33. The van der Waals surface area contributed by atoms with Gasteiger partial charge in [0.1, 0.15) is 17.0 Å². The van der Waals surface area contributed by atoms with Gasteiger partial charge in [0.2, 0.25) is 0 Å². The summed E-state index contributed by atoms with van der Waals surface area (Å²) in [6.45, 7) is 0. The maximum atomic E-state index is 5.99. The van der Waals surface area contributed by atoms with Gasteiger partial charge in [0.15, 0.2) is 0 Å². The number of nitrogens with zero attached hydrogens (tertiary/aromatic N) is 2. The molecular weight excluding hydrogens is 316 g/mol. The largest absolute Gasteiger partial charge is 0.367 e. The molecule has 4 nitrogen and oxygen atoms in total. The number of aromatic nitrogens is 2. The minimum absolute atomic E-state index is 0. The molecule has 0 unspecified atom stereocenters. The molecule has 0 atom stereocenters. The second kappa shape index (κ2) is 6.36. The lowest BCUT2D eigenvalue weighted by atomic mass is 9.92. The molecular formula is C16H19ClN4S. The van der Waals surface area contributed by atoms with E-state index < -0.39 is 0 Å². The van der Waals surface area contributed by atoms with Gasteiger partial charge in [0.25, 0.3) is 0 Å². The number of hydrogen-bond donors (Lipinski definition) is 2. The van der Waals surface area contributed by atoms with Gasteiger partial charge in [-0.05, 0) is 31.7 Å². The third-order valence-electron chi connectivity index (χ3n) is 4.29. The van der Waals surface area contributed by atoms with Crippen LogP contribution in [0, 0.1) is 0 Å². The standard InChI is InChI=1S/C16H18N4S.ClH/c17-10-5-7-11(8-6-10)20-15-14-12-3-1-2-4-13(12)21-16(14)19-9-18-15;/h1-4,9-11H,5-8,17H2,(H,18,19,20);1H/t10-,11-;. The maximum absolute atomic E-state index is 5.99. The number of nitrogens with two attached hydrogens (primary N) is 1. The summed E-state index contributed by atoms with van der Waals surface area (Å²) in [7, 11) is 0. The van der Waals surface area contributed by atoms with Crippen LogP contribution in [0.15, 0.2) is 30.6 Å². The molecule has 22 heavy (non-hydrogen) atoms. The molecule has 0 radical (unpaired) electrons. The van der Waals surface area contributed by atoms with Crippen LogP contribution in [0.4, 0.5) is 5.82 Å². The van der Waals surface area contributed by atoms with Crippen LogP contribution in [0.25, 0.3) is 20.3 Å². The molecule has 116 valence electrons. The zero-order chi connectivity index (χ0) is 14.2. The van der Waals surface area contributed by atoms with Gasteiger partial charge in [-0.2, -0.15) is 0 Å². The number of thiophene rings is 1. The maximum Gasteiger partial charge on any atom is 0.139 e. The number of hydrogen-bond acceptors (Lipinski definition) is 5. The molecule has 6 heteroatoms. The fraction of sp³-hybridized carbons (Fsp3) is 0.375. The Labute approximate surface area is 139 Å². The molecule has 3 aromatic rings. The average molecular weight is 335 g/mol. The van der Waals surface area contributed by atoms with Crippen LogP contribution in [0.1, 0.15) is 25.7 Å². The second-order valence-electron chi connectivity index (χ2n) is 5.76. The predicted molar refractivity (Wildman–Crippen MR) is 96.0 cm³/mol. The van der Waals surface area contributed by atoms with Gasteiger partial charge in [-0.1, -0.05) is 18.2 Å². The van der Waals surface area contributed by atoms with Gasteiger partial charge in [-0.25, -0.2) is 9.97 Å². The smallest absolute Gasteiger partial charge is 0.139 e. The normalized spacial score (nSPS) is 21.7. The fourth-order valence-electron chi connectivity index (χ4n) is 3.12. The predicted octanol–water partition coefficient (Wildman–Crippen LogP) is 3.95. The Morgan fingerprint density at radius 2 is 1.86 bits per heavy atom. The second-order valence-corrected chi connectivity index (χ2v) is 6.79. The molecule has 0 amide bonds. The summed E-state index contributed by atoms with van der Waals surface area (Å²) in [5.74, 6) is 0.970. The molecule has 0 spiro atoms. The third kappa shape index (κ3) is 2.76. The topological polar surface area (TPSA) is 63.8 Å². The highest BCUT2D eigenvalue weighted by Gasteiger charge is 2.20. The van der Waals surface area contributed by atoms with Gasteiger partial charge < -0.3 is 11.1 Å². The summed E-state index contributed by atoms with van der Waals surface area (Å²) in [5.41, 5.74) is 5.99. The molecule has 1 aliphatic rings. The minimum atomic E-state index is 0. The monoisotopic (exact) mass is 334 g/mol. The van der Waals surface area contributed by atoms with Gasteiger partial charge in [0, 0.05) is 22.2 Å². The molecule has 3 N–H and O–H groups in total. The lowest BCUT2D eigenvalue weighted by Gasteiger charge is -2.27. The van der Waals surface area contributed by atoms with E-state index in [1.54, 1.807) is 17.7 Å². The van der Waals surface area contributed by atoms with Crippen molar-refractivity contribution in [1.29, 1.82) is 0 Å². The van der Waals surface area contributed by atoms with Crippen LogP contribution in [-0.2, 0) is 0 Å². The van der Waals surface area contributed by atoms with E-state index in [0.29, 0.717) is 12.1 Å². The average Bonchev–Trinajstić information content (AvgIpc) is 2.89. The van der Waals surface area contributed by atoms with Crippen LogP contribution < -0.4 is 11.1 Å². The van der Waals surface area contributed by atoms with E-state index >= 15 is 0 Å². The van der Waals surface area contributed by atoms with Crippen LogP contribution in [0.2, 0.25) is 0 Å². The molecule has 4 rings (SSSR count). The van der Waals surface area contributed by atoms with Crippen molar-refractivity contribution in [2.24, 2.45) is 5.73 Å².